The lowest BCUT2D eigenvalue weighted by atomic mass is 9.84. The van der Waals surface area contributed by atoms with E-state index in [0.717, 1.165) is 39.7 Å². The number of nitriles is 1. The fourth-order valence-corrected chi connectivity index (χ4v) is 4.60. The lowest BCUT2D eigenvalue weighted by Gasteiger charge is -2.23. The molecule has 2 aromatic heterocycles. The number of aromatic amines is 1. The monoisotopic (exact) mass is 427 g/mol. The molecule has 0 spiro atoms. The van der Waals surface area contributed by atoms with Gasteiger partial charge in [0.15, 0.2) is 0 Å². The van der Waals surface area contributed by atoms with Crippen LogP contribution in [0.4, 0.5) is 4.39 Å². The van der Waals surface area contributed by atoms with Gasteiger partial charge in [0.05, 0.1) is 11.4 Å². The molecule has 3 heterocycles. The van der Waals surface area contributed by atoms with Gasteiger partial charge in [-0.15, -0.1) is 5.10 Å². The van der Waals surface area contributed by atoms with Gasteiger partial charge in [0, 0.05) is 29.4 Å². The third-order valence-electron chi connectivity index (χ3n) is 6.10. The molecule has 0 aliphatic carbocycles. The predicted octanol–water partition coefficient (Wildman–Crippen LogP) is 4.64. The molecule has 0 fully saturated rings. The standard InChI is InChI=1S/C25H22FN5O/c1-3-16-5-4-6-18-20(13-31(23(16)18)12-15-7-9-17(26)10-8-15)22-19(11-27)24(28)32-25-21(22)14(2)29-30-25/h4-10,13,22H,3,12,28H2,1-2H3,(H,29,30). The first kappa shape index (κ1) is 19.9. The molecule has 5 rings (SSSR count). The van der Waals surface area contributed by atoms with E-state index in [0.29, 0.717) is 18.0 Å². The number of nitrogens with zero attached hydrogens (tertiary/aromatic N) is 3. The summed E-state index contributed by atoms with van der Waals surface area (Å²) < 4.78 is 21.2. The van der Waals surface area contributed by atoms with Crippen LogP contribution in [0.5, 0.6) is 5.88 Å². The van der Waals surface area contributed by atoms with Gasteiger partial charge in [-0.2, -0.15) is 5.26 Å². The number of hydrogen-bond donors (Lipinski definition) is 2. The summed E-state index contributed by atoms with van der Waals surface area (Å²) in [6.45, 7) is 4.61. The average Bonchev–Trinajstić information content (AvgIpc) is 3.35. The summed E-state index contributed by atoms with van der Waals surface area (Å²) in [7, 11) is 0. The number of allylic oxidation sites excluding steroid dienone is 1. The van der Waals surface area contributed by atoms with Crippen molar-refractivity contribution in [2.75, 3.05) is 0 Å². The maximum atomic E-state index is 13.4. The van der Waals surface area contributed by atoms with Crippen molar-refractivity contribution in [3.63, 3.8) is 0 Å². The molecule has 0 bridgehead atoms. The number of aryl methyl sites for hydroxylation is 2. The molecule has 7 heteroatoms. The Hall–Kier alpha value is -4.05. The third-order valence-corrected chi connectivity index (χ3v) is 6.10. The number of fused-ring (bicyclic) bond motifs is 2. The number of H-pyrrole nitrogens is 1. The summed E-state index contributed by atoms with van der Waals surface area (Å²) in [5, 5.41) is 18.2. The van der Waals surface area contributed by atoms with Crippen molar-refractivity contribution in [3.8, 4) is 11.9 Å². The van der Waals surface area contributed by atoms with Gasteiger partial charge in [-0.3, -0.25) is 5.10 Å². The topological polar surface area (TPSA) is 92.7 Å². The van der Waals surface area contributed by atoms with Gasteiger partial charge < -0.3 is 15.0 Å². The quantitative estimate of drug-likeness (QED) is 0.496. The van der Waals surface area contributed by atoms with E-state index in [1.54, 1.807) is 12.1 Å². The van der Waals surface area contributed by atoms with Gasteiger partial charge in [-0.25, -0.2) is 4.39 Å². The lowest BCUT2D eigenvalue weighted by Crippen LogP contribution is -2.21. The Kier molecular flexibility index (Phi) is 4.71. The van der Waals surface area contributed by atoms with Crippen LogP contribution in [-0.2, 0) is 13.0 Å². The number of rotatable bonds is 4. The maximum absolute atomic E-state index is 13.4. The van der Waals surface area contributed by atoms with Crippen molar-refractivity contribution < 1.29 is 9.13 Å². The van der Waals surface area contributed by atoms with E-state index in [1.807, 2.05) is 13.0 Å². The number of aromatic nitrogens is 3. The molecular formula is C25H22FN5O. The molecule has 32 heavy (non-hydrogen) atoms. The van der Waals surface area contributed by atoms with Crippen molar-refractivity contribution in [1.29, 1.82) is 5.26 Å². The molecule has 3 N–H and O–H groups in total. The van der Waals surface area contributed by atoms with Crippen LogP contribution in [0.3, 0.4) is 0 Å². The third kappa shape index (κ3) is 3.04. The van der Waals surface area contributed by atoms with Crippen molar-refractivity contribution in [3.05, 3.63) is 93.9 Å². The molecular weight excluding hydrogens is 405 g/mol. The molecule has 160 valence electrons. The largest absolute Gasteiger partial charge is 0.420 e. The molecule has 1 unspecified atom stereocenters. The highest BCUT2D eigenvalue weighted by atomic mass is 19.1. The molecule has 0 radical (unpaired) electrons. The highest BCUT2D eigenvalue weighted by molar-refractivity contribution is 5.89. The van der Waals surface area contributed by atoms with Crippen molar-refractivity contribution in [2.24, 2.45) is 5.73 Å². The lowest BCUT2D eigenvalue weighted by molar-refractivity contribution is 0.379. The molecule has 4 aromatic rings. The van der Waals surface area contributed by atoms with E-state index in [4.69, 9.17) is 10.5 Å². The summed E-state index contributed by atoms with van der Waals surface area (Å²) in [4.78, 5) is 0. The van der Waals surface area contributed by atoms with Gasteiger partial charge in [0.2, 0.25) is 11.8 Å². The summed E-state index contributed by atoms with van der Waals surface area (Å²) >= 11 is 0. The predicted molar refractivity (Wildman–Crippen MR) is 119 cm³/mol. The average molecular weight is 427 g/mol. The first-order valence-corrected chi connectivity index (χ1v) is 10.5. The van der Waals surface area contributed by atoms with Crippen LogP contribution in [0.25, 0.3) is 10.9 Å². The minimum Gasteiger partial charge on any atom is -0.420 e. The smallest absolute Gasteiger partial charge is 0.244 e. The molecule has 1 aliphatic heterocycles. The fraction of sp³-hybridized carbons (Fsp3) is 0.200. The molecule has 1 atom stereocenters. The second-order valence-electron chi connectivity index (χ2n) is 8.00. The zero-order valence-electron chi connectivity index (χ0n) is 17.8. The molecule has 0 amide bonds. The van der Waals surface area contributed by atoms with Crippen molar-refractivity contribution >= 4 is 10.9 Å². The zero-order chi connectivity index (χ0) is 22.4. The summed E-state index contributed by atoms with van der Waals surface area (Å²) in [6, 6.07) is 15.0. The zero-order valence-corrected chi connectivity index (χ0v) is 17.8. The minimum atomic E-state index is -0.397. The van der Waals surface area contributed by atoms with E-state index >= 15 is 0 Å². The molecule has 1 aliphatic rings. The van der Waals surface area contributed by atoms with Crippen LogP contribution < -0.4 is 10.5 Å². The first-order chi connectivity index (χ1) is 15.5. The summed E-state index contributed by atoms with van der Waals surface area (Å²) in [5.41, 5.74) is 12.4. The van der Waals surface area contributed by atoms with Gasteiger partial charge in [-0.05, 0) is 42.2 Å². The fourth-order valence-electron chi connectivity index (χ4n) is 4.60. The second kappa shape index (κ2) is 7.57. The second-order valence-corrected chi connectivity index (χ2v) is 8.00. The molecule has 6 nitrogen and oxygen atoms in total. The minimum absolute atomic E-state index is 0.0718. The molecule has 2 aromatic carbocycles. The number of hydrogen-bond acceptors (Lipinski definition) is 4. The first-order valence-electron chi connectivity index (χ1n) is 10.5. The highest BCUT2D eigenvalue weighted by Gasteiger charge is 2.36. The van der Waals surface area contributed by atoms with Crippen LogP contribution in [0.2, 0.25) is 0 Å². The van der Waals surface area contributed by atoms with E-state index in [-0.39, 0.29) is 11.7 Å². The highest BCUT2D eigenvalue weighted by Crippen LogP contribution is 2.45. The van der Waals surface area contributed by atoms with Crippen molar-refractivity contribution in [2.45, 2.75) is 32.7 Å². The summed E-state index contributed by atoms with van der Waals surface area (Å²) in [5.74, 6) is -0.185. The van der Waals surface area contributed by atoms with Crippen molar-refractivity contribution in [1.82, 2.24) is 14.8 Å². The van der Waals surface area contributed by atoms with Gasteiger partial charge in [0.1, 0.15) is 17.5 Å². The molecule has 0 saturated heterocycles. The normalized spacial score (nSPS) is 15.5. The van der Waals surface area contributed by atoms with Crippen LogP contribution in [-0.4, -0.2) is 14.8 Å². The number of para-hydroxylation sites is 1. The molecule has 0 saturated carbocycles. The van der Waals surface area contributed by atoms with Crippen LogP contribution in [0, 0.1) is 24.1 Å². The van der Waals surface area contributed by atoms with Crippen LogP contribution in [0.15, 0.2) is 60.1 Å². The Morgan fingerprint density at radius 3 is 2.75 bits per heavy atom. The van der Waals surface area contributed by atoms with Gasteiger partial charge >= 0.3 is 0 Å². The van der Waals surface area contributed by atoms with E-state index in [2.05, 4.69) is 46.1 Å². The van der Waals surface area contributed by atoms with Gasteiger partial charge in [-0.1, -0.05) is 37.3 Å². The van der Waals surface area contributed by atoms with Gasteiger partial charge in [0.25, 0.3) is 0 Å². The van der Waals surface area contributed by atoms with Crippen LogP contribution >= 0.6 is 0 Å². The van der Waals surface area contributed by atoms with E-state index in [9.17, 15) is 9.65 Å². The Balaban J connectivity index is 1.76. The summed E-state index contributed by atoms with van der Waals surface area (Å²) in [6.07, 6.45) is 2.93. The maximum Gasteiger partial charge on any atom is 0.244 e. The Morgan fingerprint density at radius 1 is 1.25 bits per heavy atom. The number of halogens is 1. The number of nitrogens with two attached hydrogens (primary N) is 1. The number of ether oxygens (including phenoxy) is 1. The Labute approximate surface area is 184 Å². The number of nitrogens with one attached hydrogen (secondary N) is 1. The SMILES string of the molecule is CCc1cccc2c(C3C(C#N)=C(N)Oc4n[nH]c(C)c43)cn(Cc3ccc(F)cc3)c12. The Bertz CT molecular complexity index is 1400. The van der Waals surface area contributed by atoms with Crippen LogP contribution in [0.1, 0.15) is 40.8 Å². The Morgan fingerprint density at radius 2 is 2.03 bits per heavy atom. The van der Waals surface area contributed by atoms with E-state index < -0.39 is 5.92 Å². The van der Waals surface area contributed by atoms with E-state index in [1.165, 1.54) is 17.7 Å². The number of benzene rings is 2.